The lowest BCUT2D eigenvalue weighted by Gasteiger charge is -2.12. The van der Waals surface area contributed by atoms with E-state index in [-0.39, 0.29) is 11.7 Å². The fourth-order valence-corrected chi connectivity index (χ4v) is 2.57. The van der Waals surface area contributed by atoms with E-state index >= 15 is 0 Å². The average molecular weight is 230 g/mol. The van der Waals surface area contributed by atoms with Crippen molar-refractivity contribution in [1.82, 2.24) is 0 Å². The maximum absolute atomic E-state index is 12.2. The molecule has 1 atom stereocenters. The largest absolute Gasteiger partial charge is 0.293 e. The molecule has 1 heterocycles. The molecule has 1 nitrogen and oxygen atoms in total. The van der Waals surface area contributed by atoms with Crippen LogP contribution in [-0.4, -0.2) is 5.78 Å². The number of hydrogen-bond donors (Lipinski definition) is 0. The van der Waals surface area contributed by atoms with Gasteiger partial charge in [0, 0.05) is 5.92 Å². The summed E-state index contributed by atoms with van der Waals surface area (Å²) in [6, 6.07) is 13.8. The number of hydrogen-bond acceptors (Lipinski definition) is 2. The van der Waals surface area contributed by atoms with Gasteiger partial charge >= 0.3 is 0 Å². The van der Waals surface area contributed by atoms with Gasteiger partial charge in [-0.1, -0.05) is 43.3 Å². The fraction of sp³-hybridized carbons (Fsp3) is 0.214. The Morgan fingerprint density at radius 3 is 2.50 bits per heavy atom. The van der Waals surface area contributed by atoms with Crippen LogP contribution < -0.4 is 0 Å². The highest BCUT2D eigenvalue weighted by Gasteiger charge is 2.20. The van der Waals surface area contributed by atoms with Crippen LogP contribution in [-0.2, 0) is 0 Å². The molecule has 0 aliphatic rings. The van der Waals surface area contributed by atoms with Gasteiger partial charge in [-0.2, -0.15) is 0 Å². The van der Waals surface area contributed by atoms with Gasteiger partial charge in [-0.3, -0.25) is 4.79 Å². The van der Waals surface area contributed by atoms with E-state index in [0.29, 0.717) is 0 Å². The second-order valence-corrected chi connectivity index (χ2v) is 4.66. The molecule has 2 heteroatoms. The van der Waals surface area contributed by atoms with Gasteiger partial charge in [-0.25, -0.2) is 0 Å². The van der Waals surface area contributed by atoms with Crippen molar-refractivity contribution in [3.8, 4) is 0 Å². The van der Waals surface area contributed by atoms with Crippen molar-refractivity contribution in [3.05, 3.63) is 58.3 Å². The number of benzene rings is 1. The predicted octanol–water partition coefficient (Wildman–Crippen LogP) is 4.12. The number of thiophene rings is 1. The Bertz CT molecular complexity index is 445. The number of Topliss-reactive ketones (excluding diaryl/α,β-unsaturated/α-hetero) is 1. The third-order valence-electron chi connectivity index (χ3n) is 2.69. The Labute approximate surface area is 99.8 Å². The zero-order chi connectivity index (χ0) is 11.4. The van der Waals surface area contributed by atoms with Crippen molar-refractivity contribution in [1.29, 1.82) is 0 Å². The summed E-state index contributed by atoms with van der Waals surface area (Å²) >= 11 is 1.52. The SMILES string of the molecule is CC[C@@H](C(=O)c1cccs1)c1ccccc1. The Morgan fingerprint density at radius 1 is 1.19 bits per heavy atom. The zero-order valence-electron chi connectivity index (χ0n) is 9.22. The van der Waals surface area contributed by atoms with Crippen LogP contribution in [0.4, 0.5) is 0 Å². The van der Waals surface area contributed by atoms with Gasteiger partial charge in [0.1, 0.15) is 0 Å². The lowest BCUT2D eigenvalue weighted by Crippen LogP contribution is -2.10. The second-order valence-electron chi connectivity index (χ2n) is 3.71. The molecule has 1 aromatic heterocycles. The van der Waals surface area contributed by atoms with Crippen LogP contribution in [0.5, 0.6) is 0 Å². The first-order valence-electron chi connectivity index (χ1n) is 5.45. The quantitative estimate of drug-likeness (QED) is 0.722. The molecule has 82 valence electrons. The summed E-state index contributed by atoms with van der Waals surface area (Å²) in [6.07, 6.45) is 0.848. The molecule has 16 heavy (non-hydrogen) atoms. The van der Waals surface area contributed by atoms with Crippen LogP contribution in [0.25, 0.3) is 0 Å². The molecule has 0 saturated heterocycles. The summed E-state index contributed by atoms with van der Waals surface area (Å²) in [5.74, 6) is 0.239. The molecule has 0 N–H and O–H groups in total. The highest BCUT2D eigenvalue weighted by molar-refractivity contribution is 7.12. The molecule has 0 aliphatic carbocycles. The number of ketones is 1. The summed E-state index contributed by atoms with van der Waals surface area (Å²) < 4.78 is 0. The first-order chi connectivity index (χ1) is 7.83. The molecule has 0 saturated carbocycles. The Kier molecular flexibility index (Phi) is 3.52. The fourth-order valence-electron chi connectivity index (χ4n) is 1.85. The number of carbonyl (C=O) groups excluding carboxylic acids is 1. The molecule has 1 aromatic carbocycles. The minimum atomic E-state index is -0.000139. The summed E-state index contributed by atoms with van der Waals surface area (Å²) in [7, 11) is 0. The van der Waals surface area contributed by atoms with Crippen LogP contribution in [0, 0.1) is 0 Å². The van der Waals surface area contributed by atoms with Gasteiger partial charge < -0.3 is 0 Å². The Hall–Kier alpha value is -1.41. The summed E-state index contributed by atoms with van der Waals surface area (Å²) in [5, 5.41) is 1.95. The van der Waals surface area contributed by atoms with Crippen molar-refractivity contribution >= 4 is 17.1 Å². The van der Waals surface area contributed by atoms with Crippen LogP contribution >= 0.6 is 11.3 Å². The third kappa shape index (κ3) is 2.22. The van der Waals surface area contributed by atoms with Gasteiger partial charge in [-0.15, -0.1) is 11.3 Å². The molecule has 0 amide bonds. The molecule has 0 bridgehead atoms. The third-order valence-corrected chi connectivity index (χ3v) is 3.58. The van der Waals surface area contributed by atoms with E-state index in [1.54, 1.807) is 0 Å². The predicted molar refractivity (Wildman–Crippen MR) is 68.1 cm³/mol. The summed E-state index contributed by atoms with van der Waals surface area (Å²) in [6.45, 7) is 2.06. The summed E-state index contributed by atoms with van der Waals surface area (Å²) in [4.78, 5) is 13.1. The van der Waals surface area contributed by atoms with Crippen LogP contribution in [0.3, 0.4) is 0 Å². The van der Waals surface area contributed by atoms with Gasteiger partial charge in [-0.05, 0) is 23.4 Å². The highest BCUT2D eigenvalue weighted by Crippen LogP contribution is 2.25. The Balaban J connectivity index is 2.27. The van der Waals surface area contributed by atoms with Crippen molar-refractivity contribution in [2.24, 2.45) is 0 Å². The molecule has 2 rings (SSSR count). The van der Waals surface area contributed by atoms with E-state index in [1.165, 1.54) is 11.3 Å². The van der Waals surface area contributed by atoms with Crippen LogP contribution in [0.15, 0.2) is 47.8 Å². The van der Waals surface area contributed by atoms with Gasteiger partial charge in [0.2, 0.25) is 0 Å². The smallest absolute Gasteiger partial charge is 0.180 e. The lowest BCUT2D eigenvalue weighted by molar-refractivity contribution is 0.0961. The van der Waals surface area contributed by atoms with Crippen LogP contribution in [0.1, 0.15) is 34.5 Å². The van der Waals surface area contributed by atoms with Crippen molar-refractivity contribution in [3.63, 3.8) is 0 Å². The molecular formula is C14H14OS. The second kappa shape index (κ2) is 5.08. The maximum atomic E-state index is 12.2. The van der Waals surface area contributed by atoms with Crippen LogP contribution in [0.2, 0.25) is 0 Å². The highest BCUT2D eigenvalue weighted by atomic mass is 32.1. The minimum absolute atomic E-state index is 0.000139. The van der Waals surface area contributed by atoms with E-state index in [0.717, 1.165) is 16.9 Å². The molecular weight excluding hydrogens is 216 g/mol. The number of carbonyl (C=O) groups is 1. The first-order valence-corrected chi connectivity index (χ1v) is 6.33. The zero-order valence-corrected chi connectivity index (χ0v) is 10.0. The molecule has 2 aromatic rings. The monoisotopic (exact) mass is 230 g/mol. The molecule has 0 unspecified atom stereocenters. The van der Waals surface area contributed by atoms with Crippen molar-refractivity contribution in [2.75, 3.05) is 0 Å². The average Bonchev–Trinajstić information content (AvgIpc) is 2.85. The molecule has 0 aliphatic heterocycles. The topological polar surface area (TPSA) is 17.1 Å². The van der Waals surface area contributed by atoms with E-state index in [4.69, 9.17) is 0 Å². The normalized spacial score (nSPS) is 12.3. The van der Waals surface area contributed by atoms with Gasteiger partial charge in [0.15, 0.2) is 5.78 Å². The van der Waals surface area contributed by atoms with Crippen molar-refractivity contribution < 1.29 is 4.79 Å². The summed E-state index contributed by atoms with van der Waals surface area (Å²) in [5.41, 5.74) is 1.11. The number of rotatable bonds is 4. The standard InChI is InChI=1S/C14H14OS/c1-2-12(11-7-4-3-5-8-11)14(15)13-9-6-10-16-13/h3-10,12H,2H2,1H3/t12-/m1/s1. The van der Waals surface area contributed by atoms with Gasteiger partial charge in [0.25, 0.3) is 0 Å². The van der Waals surface area contributed by atoms with E-state index < -0.39 is 0 Å². The lowest BCUT2D eigenvalue weighted by atomic mass is 9.91. The minimum Gasteiger partial charge on any atom is -0.293 e. The van der Waals surface area contributed by atoms with E-state index in [9.17, 15) is 4.79 Å². The Morgan fingerprint density at radius 2 is 1.94 bits per heavy atom. The van der Waals surface area contributed by atoms with Crippen molar-refractivity contribution in [2.45, 2.75) is 19.3 Å². The molecule has 0 fully saturated rings. The van der Waals surface area contributed by atoms with Gasteiger partial charge in [0.05, 0.1) is 4.88 Å². The molecule has 0 radical (unpaired) electrons. The maximum Gasteiger partial charge on any atom is 0.180 e. The molecule has 0 spiro atoms. The van der Waals surface area contributed by atoms with E-state index in [1.807, 2.05) is 47.8 Å². The van der Waals surface area contributed by atoms with E-state index in [2.05, 4.69) is 6.92 Å². The first kappa shape index (κ1) is 11.1.